The second kappa shape index (κ2) is 9.27. The highest BCUT2D eigenvalue weighted by molar-refractivity contribution is 6.29. The third-order valence-electron chi connectivity index (χ3n) is 4.23. The predicted molar refractivity (Wildman–Crippen MR) is 110 cm³/mol. The Labute approximate surface area is 180 Å². The molecule has 0 unspecified atom stereocenters. The van der Waals surface area contributed by atoms with E-state index >= 15 is 0 Å². The first-order valence-corrected chi connectivity index (χ1v) is 9.40. The van der Waals surface area contributed by atoms with Crippen LogP contribution < -0.4 is 10.6 Å². The number of pyridine rings is 1. The fraction of sp³-hybridized carbons (Fsp3) is 0.200. The lowest BCUT2D eigenvalue weighted by Gasteiger charge is -2.13. The third-order valence-corrected chi connectivity index (χ3v) is 4.43. The minimum Gasteiger partial charge on any atom is -0.395 e. The number of carbonyl (C=O) groups excluding carboxylic acids is 1. The molecule has 0 atom stereocenters. The highest BCUT2D eigenvalue weighted by atomic mass is 35.5. The number of nitrogens with zero attached hydrogens (tertiary/aromatic N) is 3. The lowest BCUT2D eigenvalue weighted by Crippen LogP contribution is -2.16. The molecule has 0 fully saturated rings. The van der Waals surface area contributed by atoms with E-state index in [-0.39, 0.29) is 11.8 Å². The molecule has 162 valence electrons. The van der Waals surface area contributed by atoms with Gasteiger partial charge in [0.1, 0.15) is 11.0 Å². The van der Waals surface area contributed by atoms with Crippen LogP contribution in [0.5, 0.6) is 0 Å². The van der Waals surface area contributed by atoms with Crippen LogP contribution >= 0.6 is 11.6 Å². The molecule has 0 radical (unpaired) electrons. The quantitative estimate of drug-likeness (QED) is 0.486. The molecule has 2 aromatic heterocycles. The normalized spacial score (nSPS) is 11.3. The summed E-state index contributed by atoms with van der Waals surface area (Å²) in [5.41, 5.74) is 1.12. The summed E-state index contributed by atoms with van der Waals surface area (Å²) in [6, 6.07) is 9.03. The van der Waals surface area contributed by atoms with Crippen LogP contribution in [-0.4, -0.2) is 39.3 Å². The number of nitrogens with one attached hydrogen (secondary N) is 2. The number of aliphatic hydroxyl groups excluding tert-OH is 1. The van der Waals surface area contributed by atoms with Gasteiger partial charge < -0.3 is 15.7 Å². The maximum Gasteiger partial charge on any atom is 0.418 e. The molecule has 0 saturated heterocycles. The standard InChI is InChI=1S/C20H17ClF3N5O2/c1-11-2-3-14(27-19(31)16-8-13(10-26-29-16)20(22,23)24)9-15(11)12-6-17(21)28-18(7-12)25-4-5-30/h2-3,6-10,30H,4-5H2,1H3,(H,25,28)(H,27,31). The smallest absolute Gasteiger partial charge is 0.395 e. The summed E-state index contributed by atoms with van der Waals surface area (Å²) < 4.78 is 38.6. The summed E-state index contributed by atoms with van der Waals surface area (Å²) in [5, 5.41) is 21.4. The summed E-state index contributed by atoms with van der Waals surface area (Å²) in [5.74, 6) is -0.365. The number of benzene rings is 1. The molecule has 0 aliphatic heterocycles. The molecule has 0 bridgehead atoms. The average Bonchev–Trinajstić information content (AvgIpc) is 2.72. The molecule has 1 amide bonds. The highest BCUT2D eigenvalue weighted by Crippen LogP contribution is 2.31. The topological polar surface area (TPSA) is 100 Å². The number of hydrogen-bond acceptors (Lipinski definition) is 6. The van der Waals surface area contributed by atoms with Crippen molar-refractivity contribution in [1.29, 1.82) is 0 Å². The van der Waals surface area contributed by atoms with Crippen molar-refractivity contribution in [1.82, 2.24) is 15.2 Å². The molecule has 0 aliphatic carbocycles. The van der Waals surface area contributed by atoms with E-state index in [1.165, 1.54) is 0 Å². The van der Waals surface area contributed by atoms with Gasteiger partial charge in [0.15, 0.2) is 5.69 Å². The number of aromatic nitrogens is 3. The molecular formula is C20H17ClF3N5O2. The second-order valence-corrected chi connectivity index (χ2v) is 6.91. The van der Waals surface area contributed by atoms with Gasteiger partial charge in [0, 0.05) is 12.2 Å². The zero-order valence-corrected chi connectivity index (χ0v) is 16.9. The molecule has 0 aliphatic rings. The lowest BCUT2D eigenvalue weighted by molar-refractivity contribution is -0.137. The van der Waals surface area contributed by atoms with Gasteiger partial charge in [-0.25, -0.2) is 4.98 Å². The van der Waals surface area contributed by atoms with Gasteiger partial charge in [0.2, 0.25) is 0 Å². The van der Waals surface area contributed by atoms with Gasteiger partial charge in [-0.1, -0.05) is 17.7 Å². The van der Waals surface area contributed by atoms with Crippen LogP contribution in [0, 0.1) is 6.92 Å². The van der Waals surface area contributed by atoms with Crippen LogP contribution in [-0.2, 0) is 6.18 Å². The Kier molecular flexibility index (Phi) is 6.71. The van der Waals surface area contributed by atoms with E-state index in [1.807, 2.05) is 6.92 Å². The molecular weight excluding hydrogens is 435 g/mol. The first-order valence-electron chi connectivity index (χ1n) is 9.02. The minimum atomic E-state index is -4.63. The van der Waals surface area contributed by atoms with Crippen molar-refractivity contribution >= 4 is 29.0 Å². The number of anilines is 2. The molecule has 1 aromatic carbocycles. The fourth-order valence-electron chi connectivity index (χ4n) is 2.77. The number of aryl methyl sites for hydroxylation is 1. The van der Waals surface area contributed by atoms with E-state index < -0.39 is 23.3 Å². The SMILES string of the molecule is Cc1ccc(NC(=O)c2cc(C(F)(F)F)cnn2)cc1-c1cc(Cl)nc(NCCO)c1. The van der Waals surface area contributed by atoms with Crippen LogP contribution in [0.2, 0.25) is 5.15 Å². The number of carbonyl (C=O) groups is 1. The summed E-state index contributed by atoms with van der Waals surface area (Å²) in [6.07, 6.45) is -4.08. The third kappa shape index (κ3) is 5.68. The molecule has 11 heteroatoms. The number of aliphatic hydroxyl groups is 1. The van der Waals surface area contributed by atoms with E-state index in [0.717, 1.165) is 11.1 Å². The Hall–Kier alpha value is -3.24. The van der Waals surface area contributed by atoms with Crippen molar-refractivity contribution in [2.24, 2.45) is 0 Å². The predicted octanol–water partition coefficient (Wildman–Crippen LogP) is 4.18. The molecule has 3 N–H and O–H groups in total. The first-order chi connectivity index (χ1) is 14.7. The minimum absolute atomic E-state index is 0.0809. The van der Waals surface area contributed by atoms with E-state index in [0.29, 0.717) is 35.9 Å². The monoisotopic (exact) mass is 451 g/mol. The summed E-state index contributed by atoms with van der Waals surface area (Å²) >= 11 is 6.10. The van der Waals surface area contributed by atoms with Crippen LogP contribution in [0.3, 0.4) is 0 Å². The van der Waals surface area contributed by atoms with Gasteiger partial charge in [-0.15, -0.1) is 5.10 Å². The Morgan fingerprint density at radius 1 is 1.19 bits per heavy atom. The van der Waals surface area contributed by atoms with Crippen molar-refractivity contribution in [3.05, 3.63) is 64.6 Å². The van der Waals surface area contributed by atoms with Crippen molar-refractivity contribution in [3.8, 4) is 11.1 Å². The van der Waals surface area contributed by atoms with Gasteiger partial charge in [-0.05, 0) is 53.9 Å². The number of halogens is 4. The van der Waals surface area contributed by atoms with Crippen LogP contribution in [0.25, 0.3) is 11.1 Å². The lowest BCUT2D eigenvalue weighted by atomic mass is 10.0. The fourth-order valence-corrected chi connectivity index (χ4v) is 2.97. The van der Waals surface area contributed by atoms with E-state index in [2.05, 4.69) is 25.8 Å². The number of alkyl halides is 3. The van der Waals surface area contributed by atoms with Crippen LogP contribution in [0.15, 0.2) is 42.6 Å². The number of amides is 1. The molecule has 3 aromatic rings. The Bertz CT molecular complexity index is 1110. The molecule has 0 spiro atoms. The van der Waals surface area contributed by atoms with Gasteiger partial charge >= 0.3 is 6.18 Å². The largest absolute Gasteiger partial charge is 0.418 e. The maximum atomic E-state index is 12.9. The van der Waals surface area contributed by atoms with Crippen LogP contribution in [0.1, 0.15) is 21.6 Å². The van der Waals surface area contributed by atoms with E-state index in [9.17, 15) is 18.0 Å². The van der Waals surface area contributed by atoms with Gasteiger partial charge in [0.05, 0.1) is 18.4 Å². The van der Waals surface area contributed by atoms with Crippen molar-refractivity contribution in [3.63, 3.8) is 0 Å². The van der Waals surface area contributed by atoms with Crippen molar-refractivity contribution in [2.75, 3.05) is 23.8 Å². The average molecular weight is 452 g/mol. The van der Waals surface area contributed by atoms with Gasteiger partial charge in [0.25, 0.3) is 5.91 Å². The van der Waals surface area contributed by atoms with Gasteiger partial charge in [-0.2, -0.15) is 18.3 Å². The molecule has 7 nitrogen and oxygen atoms in total. The van der Waals surface area contributed by atoms with Crippen LogP contribution in [0.4, 0.5) is 24.7 Å². The number of hydrogen-bond donors (Lipinski definition) is 3. The Morgan fingerprint density at radius 3 is 2.68 bits per heavy atom. The zero-order chi connectivity index (χ0) is 22.6. The second-order valence-electron chi connectivity index (χ2n) is 6.53. The first kappa shape index (κ1) is 22.4. The summed E-state index contributed by atoms with van der Waals surface area (Å²) in [4.78, 5) is 16.5. The number of rotatable bonds is 6. The summed E-state index contributed by atoms with van der Waals surface area (Å²) in [6.45, 7) is 2.07. The maximum absolute atomic E-state index is 12.9. The van der Waals surface area contributed by atoms with E-state index in [4.69, 9.17) is 16.7 Å². The highest BCUT2D eigenvalue weighted by Gasteiger charge is 2.32. The zero-order valence-electron chi connectivity index (χ0n) is 16.2. The van der Waals surface area contributed by atoms with E-state index in [1.54, 1.807) is 30.3 Å². The van der Waals surface area contributed by atoms with Crippen molar-refractivity contribution < 1.29 is 23.1 Å². The Balaban J connectivity index is 1.88. The van der Waals surface area contributed by atoms with Crippen molar-refractivity contribution in [2.45, 2.75) is 13.1 Å². The summed E-state index contributed by atoms with van der Waals surface area (Å²) in [7, 11) is 0. The Morgan fingerprint density at radius 2 is 1.97 bits per heavy atom. The van der Waals surface area contributed by atoms with Gasteiger partial charge in [-0.3, -0.25) is 4.79 Å². The molecule has 2 heterocycles. The molecule has 31 heavy (non-hydrogen) atoms. The molecule has 0 saturated carbocycles. The molecule has 3 rings (SSSR count).